The monoisotopic (exact) mass is 493 g/mol. The topological polar surface area (TPSA) is 40.6 Å². The summed E-state index contributed by atoms with van der Waals surface area (Å²) in [6.45, 7) is 11.2. The van der Waals surface area contributed by atoms with E-state index in [0.29, 0.717) is 17.8 Å². The molecular weight excluding hydrogens is 466 g/mol. The van der Waals surface area contributed by atoms with E-state index in [1.807, 2.05) is 38.1 Å². The number of rotatable bonds is 5. The minimum atomic E-state index is -0.491. The number of ether oxygens (including phenoxy) is 1. The Morgan fingerprint density at radius 3 is 2.32 bits per heavy atom. The summed E-state index contributed by atoms with van der Waals surface area (Å²) < 4.78 is 6.10. The van der Waals surface area contributed by atoms with Crippen molar-refractivity contribution < 1.29 is 4.74 Å². The average molecular weight is 494 g/mol. The first kappa shape index (κ1) is 24.6. The fourth-order valence-electron chi connectivity index (χ4n) is 4.79. The van der Waals surface area contributed by atoms with Crippen LogP contribution in [0.4, 0.5) is 17.1 Å². The van der Waals surface area contributed by atoms with Crippen molar-refractivity contribution in [3.05, 3.63) is 143 Å². The molecule has 0 radical (unpaired) electrons. The fourth-order valence-corrected chi connectivity index (χ4v) is 4.79. The third-order valence-corrected chi connectivity index (χ3v) is 6.46. The molecule has 0 fully saturated rings. The van der Waals surface area contributed by atoms with Crippen LogP contribution in [0.15, 0.2) is 126 Å². The SMILES string of the molecule is [C-]#[N+]C(C#N)=C1C=C(C=Cc2ccc(N(c3ccccc3)c3cccc4ccccc34)cc2)OC(C)(C)C1. The van der Waals surface area contributed by atoms with Crippen molar-refractivity contribution in [1.82, 2.24) is 0 Å². The molecule has 4 aromatic rings. The number of fused-ring (bicyclic) bond motifs is 1. The van der Waals surface area contributed by atoms with Crippen molar-refractivity contribution in [3.8, 4) is 6.07 Å². The van der Waals surface area contributed by atoms with Gasteiger partial charge in [-0.15, -0.1) is 0 Å². The second kappa shape index (κ2) is 10.5. The molecule has 38 heavy (non-hydrogen) atoms. The van der Waals surface area contributed by atoms with E-state index >= 15 is 0 Å². The first-order valence-corrected chi connectivity index (χ1v) is 12.5. The molecule has 0 bridgehead atoms. The Bertz CT molecular complexity index is 1630. The Balaban J connectivity index is 1.49. The standard InChI is InChI=1S/C34H27N3O/c1-34(2)23-27(32(24-35)36-3)22-30(38-34)21-18-25-16-19-29(20-17-25)37(28-12-5-4-6-13-28)33-15-9-11-26-10-7-8-14-31(26)33/h4-22H,23H2,1-2H3. The van der Waals surface area contributed by atoms with Crippen LogP contribution >= 0.6 is 0 Å². The second-order valence-electron chi connectivity index (χ2n) is 9.78. The lowest BCUT2D eigenvalue weighted by Gasteiger charge is -2.32. The minimum absolute atomic E-state index is 0.117. The molecular formula is C34H27N3O. The molecule has 0 spiro atoms. The zero-order valence-electron chi connectivity index (χ0n) is 21.4. The molecule has 184 valence electrons. The molecule has 4 aromatic carbocycles. The quantitative estimate of drug-likeness (QED) is 0.206. The second-order valence-corrected chi connectivity index (χ2v) is 9.78. The van der Waals surface area contributed by atoms with Crippen LogP contribution in [0.25, 0.3) is 21.7 Å². The average Bonchev–Trinajstić information content (AvgIpc) is 2.93. The molecule has 0 N–H and O–H groups in total. The molecule has 4 heteroatoms. The summed E-state index contributed by atoms with van der Waals surface area (Å²) in [4.78, 5) is 5.66. The normalized spacial score (nSPS) is 15.7. The van der Waals surface area contributed by atoms with Gasteiger partial charge in [0, 0.05) is 23.2 Å². The van der Waals surface area contributed by atoms with Gasteiger partial charge in [0.05, 0.1) is 18.3 Å². The highest BCUT2D eigenvalue weighted by Gasteiger charge is 2.27. The van der Waals surface area contributed by atoms with Crippen molar-refractivity contribution >= 4 is 33.9 Å². The van der Waals surface area contributed by atoms with Crippen molar-refractivity contribution in [1.29, 1.82) is 5.26 Å². The molecule has 1 heterocycles. The lowest BCUT2D eigenvalue weighted by molar-refractivity contribution is 0.0356. The van der Waals surface area contributed by atoms with E-state index in [4.69, 9.17) is 11.3 Å². The van der Waals surface area contributed by atoms with E-state index in [2.05, 4.69) is 101 Å². The number of nitrogens with zero attached hydrogens (tertiary/aromatic N) is 3. The Morgan fingerprint density at radius 2 is 1.58 bits per heavy atom. The maximum Gasteiger partial charge on any atom is 0.265 e. The predicted molar refractivity (Wildman–Crippen MR) is 155 cm³/mol. The molecule has 0 saturated carbocycles. The highest BCUT2D eigenvalue weighted by Crippen LogP contribution is 2.39. The van der Waals surface area contributed by atoms with Gasteiger partial charge in [-0.1, -0.05) is 72.8 Å². The van der Waals surface area contributed by atoms with Gasteiger partial charge in [-0.3, -0.25) is 0 Å². The van der Waals surface area contributed by atoms with Crippen molar-refractivity contribution in [2.75, 3.05) is 4.90 Å². The summed E-state index contributed by atoms with van der Waals surface area (Å²) in [5.74, 6) is 0.637. The Morgan fingerprint density at radius 1 is 0.895 bits per heavy atom. The fraction of sp³-hybridized carbons (Fsp3) is 0.118. The van der Waals surface area contributed by atoms with E-state index in [0.717, 1.165) is 22.6 Å². The van der Waals surface area contributed by atoms with Gasteiger partial charge in [0.1, 0.15) is 11.4 Å². The first-order chi connectivity index (χ1) is 18.5. The molecule has 1 aliphatic rings. The van der Waals surface area contributed by atoms with Gasteiger partial charge in [-0.05, 0) is 72.9 Å². The summed E-state index contributed by atoms with van der Waals surface area (Å²) in [7, 11) is 0. The molecule has 0 saturated heterocycles. The molecule has 4 nitrogen and oxygen atoms in total. The van der Waals surface area contributed by atoms with Gasteiger partial charge >= 0.3 is 0 Å². The first-order valence-electron chi connectivity index (χ1n) is 12.5. The van der Waals surface area contributed by atoms with Crippen LogP contribution in [-0.4, -0.2) is 5.60 Å². The summed E-state index contributed by atoms with van der Waals surface area (Å²) in [5.41, 5.74) is 4.61. The molecule has 0 aromatic heterocycles. The zero-order valence-corrected chi connectivity index (χ0v) is 21.4. The number of anilines is 3. The Kier molecular flexibility index (Phi) is 6.81. The summed E-state index contributed by atoms with van der Waals surface area (Å²) in [5, 5.41) is 11.7. The van der Waals surface area contributed by atoms with Crippen LogP contribution in [0.1, 0.15) is 25.8 Å². The third kappa shape index (κ3) is 5.21. The number of para-hydroxylation sites is 1. The van der Waals surface area contributed by atoms with Crippen molar-refractivity contribution in [3.63, 3.8) is 0 Å². The summed E-state index contributed by atoms with van der Waals surface area (Å²) >= 11 is 0. The third-order valence-electron chi connectivity index (χ3n) is 6.46. The molecule has 0 unspecified atom stereocenters. The van der Waals surface area contributed by atoms with E-state index in [-0.39, 0.29) is 5.70 Å². The maximum atomic E-state index is 9.32. The van der Waals surface area contributed by atoms with Crippen LogP contribution in [-0.2, 0) is 4.74 Å². The van der Waals surface area contributed by atoms with Crippen LogP contribution in [0.3, 0.4) is 0 Å². The zero-order chi connectivity index (χ0) is 26.5. The highest BCUT2D eigenvalue weighted by molar-refractivity contribution is 5.98. The lowest BCUT2D eigenvalue weighted by atomic mass is 9.93. The van der Waals surface area contributed by atoms with Gasteiger partial charge in [-0.25, -0.2) is 10.1 Å². The summed E-state index contributed by atoms with van der Waals surface area (Å²) in [6, 6.07) is 35.6. The Labute approximate surface area is 223 Å². The molecule has 5 rings (SSSR count). The molecule has 0 amide bonds. The van der Waals surface area contributed by atoms with E-state index in [9.17, 15) is 5.26 Å². The van der Waals surface area contributed by atoms with Crippen LogP contribution in [0.5, 0.6) is 0 Å². The highest BCUT2D eigenvalue weighted by atomic mass is 16.5. The van der Waals surface area contributed by atoms with Gasteiger partial charge in [0.25, 0.3) is 5.70 Å². The van der Waals surface area contributed by atoms with E-state index in [1.165, 1.54) is 10.8 Å². The van der Waals surface area contributed by atoms with E-state index in [1.54, 1.807) is 6.08 Å². The number of nitriles is 1. The smallest absolute Gasteiger partial charge is 0.265 e. The lowest BCUT2D eigenvalue weighted by Crippen LogP contribution is -2.27. The van der Waals surface area contributed by atoms with Gasteiger partial charge in [-0.2, -0.15) is 0 Å². The predicted octanol–water partition coefficient (Wildman–Crippen LogP) is 9.10. The minimum Gasteiger partial charge on any atom is -0.488 e. The van der Waals surface area contributed by atoms with Crippen LogP contribution in [0.2, 0.25) is 0 Å². The molecule has 1 aliphatic heterocycles. The van der Waals surface area contributed by atoms with E-state index < -0.39 is 5.60 Å². The largest absolute Gasteiger partial charge is 0.488 e. The van der Waals surface area contributed by atoms with Crippen molar-refractivity contribution in [2.45, 2.75) is 25.9 Å². The van der Waals surface area contributed by atoms with Gasteiger partial charge in [0.2, 0.25) is 0 Å². The number of hydrogen-bond acceptors (Lipinski definition) is 3. The number of hydrogen-bond donors (Lipinski definition) is 0. The number of allylic oxidation sites excluding steroid dienone is 3. The molecule has 0 atom stereocenters. The summed E-state index contributed by atoms with van der Waals surface area (Å²) in [6.07, 6.45) is 6.20. The molecule has 0 aliphatic carbocycles. The maximum absolute atomic E-state index is 9.32. The van der Waals surface area contributed by atoms with Crippen LogP contribution in [0, 0.1) is 17.9 Å². The van der Waals surface area contributed by atoms with Crippen molar-refractivity contribution in [2.24, 2.45) is 0 Å². The number of benzene rings is 4. The van der Waals surface area contributed by atoms with Gasteiger partial charge < -0.3 is 9.64 Å². The Hall–Kier alpha value is -5.06. The van der Waals surface area contributed by atoms with Crippen LogP contribution < -0.4 is 4.90 Å². The van der Waals surface area contributed by atoms with Gasteiger partial charge in [0.15, 0.2) is 0 Å².